The molecule has 486 valence electrons. The van der Waals surface area contributed by atoms with Crippen LogP contribution in [-0.2, 0) is 32.7 Å². The fourth-order valence-corrected chi connectivity index (χ4v) is 10.5. The van der Waals surface area contributed by atoms with Gasteiger partial charge in [-0.2, -0.15) is 0 Å². The number of quaternary nitrogens is 1. The number of nitrogens with zero attached hydrogens (tertiary/aromatic N) is 1. The van der Waals surface area contributed by atoms with Crippen molar-refractivity contribution >= 4 is 19.8 Å². The lowest BCUT2D eigenvalue weighted by Gasteiger charge is -2.28. The van der Waals surface area contributed by atoms with Crippen molar-refractivity contribution in [1.82, 2.24) is 0 Å². The predicted octanol–water partition coefficient (Wildman–Crippen LogP) is 22.1. The van der Waals surface area contributed by atoms with Crippen LogP contribution >= 0.6 is 7.82 Å². The first-order valence-corrected chi connectivity index (χ1v) is 36.4. The molecule has 0 aliphatic carbocycles. The van der Waals surface area contributed by atoms with Gasteiger partial charge < -0.3 is 27.9 Å². The van der Waals surface area contributed by atoms with Gasteiger partial charge >= 0.3 is 11.9 Å². The minimum atomic E-state index is -4.65. The minimum absolute atomic E-state index is 0.0330. The highest BCUT2D eigenvalue weighted by Gasteiger charge is 2.22. The van der Waals surface area contributed by atoms with Crippen LogP contribution < -0.4 is 4.89 Å². The Hall–Kier alpha value is -3.07. The Labute approximate surface area is 519 Å². The summed E-state index contributed by atoms with van der Waals surface area (Å²) in [6, 6.07) is 0. The molecule has 9 nitrogen and oxygen atoms in total. The first kappa shape index (κ1) is 80.9. The predicted molar refractivity (Wildman–Crippen MR) is 360 cm³/mol. The Morgan fingerprint density at radius 3 is 1.01 bits per heavy atom. The van der Waals surface area contributed by atoms with Gasteiger partial charge in [-0.3, -0.25) is 14.2 Å². The number of phosphoric ester groups is 1. The van der Waals surface area contributed by atoms with Gasteiger partial charge in [0, 0.05) is 12.8 Å². The highest BCUT2D eigenvalue weighted by atomic mass is 31.2. The van der Waals surface area contributed by atoms with Crippen molar-refractivity contribution in [3.63, 3.8) is 0 Å². The number of ether oxygens (including phenoxy) is 2. The molecule has 0 radical (unpaired) electrons. The lowest BCUT2D eigenvalue weighted by atomic mass is 10.0. The normalized spacial score (nSPS) is 13.7. The SMILES string of the molecule is CC/C=C\C/C=C\C/C=C\C/C=C\C/C=C\C/C=C\CCCCCCCCCCCCCCCCC(=O)OC(COC(=O)CCCCCCCCCCCCCCCCC/C=C\C/C=C\CCCCCCC)COP(=O)([O-])OCC[N+](C)(C)C. The summed E-state index contributed by atoms with van der Waals surface area (Å²) in [5.74, 6) is -0.826. The second-order valence-corrected chi connectivity index (χ2v) is 25.9. The molecule has 0 N–H and O–H groups in total. The zero-order chi connectivity index (χ0) is 61.2. The Morgan fingerprint density at radius 1 is 0.381 bits per heavy atom. The van der Waals surface area contributed by atoms with E-state index in [1.54, 1.807) is 0 Å². The summed E-state index contributed by atoms with van der Waals surface area (Å²) in [5.41, 5.74) is 0. The summed E-state index contributed by atoms with van der Waals surface area (Å²) in [5, 5.41) is 0. The van der Waals surface area contributed by atoms with E-state index in [1.807, 2.05) is 21.1 Å². The molecule has 0 saturated carbocycles. The van der Waals surface area contributed by atoms with E-state index in [0.29, 0.717) is 17.4 Å². The van der Waals surface area contributed by atoms with E-state index >= 15 is 0 Å². The molecule has 0 heterocycles. The molecule has 0 bridgehead atoms. The molecule has 0 aliphatic rings. The molecule has 0 aromatic heterocycles. The molecule has 0 spiro atoms. The third-order valence-corrected chi connectivity index (χ3v) is 16.1. The monoisotopic (exact) mass is 1190 g/mol. The number of likely N-dealkylation sites (N-methyl/N-ethyl adjacent to an activating group) is 1. The van der Waals surface area contributed by atoms with Crippen LogP contribution in [0, 0.1) is 0 Å². The Bertz CT molecular complexity index is 1740. The van der Waals surface area contributed by atoms with Gasteiger partial charge in [0.25, 0.3) is 7.82 Å². The Balaban J connectivity index is 4.05. The van der Waals surface area contributed by atoms with E-state index < -0.39 is 26.5 Å². The second kappa shape index (κ2) is 64.4. The van der Waals surface area contributed by atoms with Gasteiger partial charge in [0.1, 0.15) is 19.8 Å². The van der Waals surface area contributed by atoms with Gasteiger partial charge in [-0.25, -0.2) is 0 Å². The van der Waals surface area contributed by atoms with Crippen LogP contribution in [-0.4, -0.2) is 70.0 Å². The lowest BCUT2D eigenvalue weighted by Crippen LogP contribution is -2.37. The number of phosphoric acid groups is 1. The van der Waals surface area contributed by atoms with Crippen molar-refractivity contribution in [2.45, 2.75) is 315 Å². The van der Waals surface area contributed by atoms with Crippen molar-refractivity contribution in [2.24, 2.45) is 0 Å². The highest BCUT2D eigenvalue weighted by molar-refractivity contribution is 7.45. The molecule has 2 atom stereocenters. The third kappa shape index (κ3) is 68.0. The van der Waals surface area contributed by atoms with Gasteiger partial charge in [-0.1, -0.05) is 297 Å². The largest absolute Gasteiger partial charge is 0.756 e. The van der Waals surface area contributed by atoms with Crippen molar-refractivity contribution in [3.8, 4) is 0 Å². The van der Waals surface area contributed by atoms with Gasteiger partial charge in [0.05, 0.1) is 27.7 Å². The number of esters is 2. The van der Waals surface area contributed by atoms with Crippen LogP contribution in [0.2, 0.25) is 0 Å². The smallest absolute Gasteiger partial charge is 0.306 e. The van der Waals surface area contributed by atoms with Gasteiger partial charge in [-0.05, 0) is 96.3 Å². The molecular weight excluding hydrogens is 1060 g/mol. The zero-order valence-corrected chi connectivity index (χ0v) is 56.2. The molecule has 0 aromatic carbocycles. The number of allylic oxidation sites excluding steroid dienone is 16. The van der Waals surface area contributed by atoms with Crippen molar-refractivity contribution < 1.29 is 42.1 Å². The third-order valence-electron chi connectivity index (χ3n) is 15.1. The van der Waals surface area contributed by atoms with Crippen molar-refractivity contribution in [1.29, 1.82) is 0 Å². The number of hydrogen-bond donors (Lipinski definition) is 0. The lowest BCUT2D eigenvalue weighted by molar-refractivity contribution is -0.870. The van der Waals surface area contributed by atoms with Gasteiger partial charge in [-0.15, -0.1) is 0 Å². The summed E-state index contributed by atoms with van der Waals surface area (Å²) >= 11 is 0. The fraction of sp³-hybridized carbons (Fsp3) is 0.757. The first-order valence-electron chi connectivity index (χ1n) is 34.9. The minimum Gasteiger partial charge on any atom is -0.756 e. The summed E-state index contributed by atoms with van der Waals surface area (Å²) in [6.07, 6.45) is 89.1. The highest BCUT2D eigenvalue weighted by Crippen LogP contribution is 2.38. The first-order chi connectivity index (χ1) is 41.0. The average molecular weight is 1190 g/mol. The molecule has 0 aliphatic heterocycles. The number of hydrogen-bond acceptors (Lipinski definition) is 8. The van der Waals surface area contributed by atoms with Crippen LogP contribution in [0.4, 0.5) is 0 Å². The van der Waals surface area contributed by atoms with Crippen molar-refractivity contribution in [3.05, 3.63) is 97.2 Å². The van der Waals surface area contributed by atoms with Crippen LogP contribution in [0.1, 0.15) is 309 Å². The van der Waals surface area contributed by atoms with Gasteiger partial charge in [0.15, 0.2) is 6.10 Å². The topological polar surface area (TPSA) is 111 Å². The average Bonchev–Trinajstić information content (AvgIpc) is 3.61. The fourth-order valence-electron chi connectivity index (χ4n) is 9.75. The van der Waals surface area contributed by atoms with Gasteiger partial charge in [0.2, 0.25) is 0 Å². The molecule has 0 saturated heterocycles. The number of carbonyl (C=O) groups excluding carboxylic acids is 2. The second-order valence-electron chi connectivity index (χ2n) is 24.5. The summed E-state index contributed by atoms with van der Waals surface area (Å²) < 4.78 is 34.3. The van der Waals surface area contributed by atoms with Crippen LogP contribution in [0.15, 0.2) is 97.2 Å². The van der Waals surface area contributed by atoms with Crippen LogP contribution in [0.25, 0.3) is 0 Å². The van der Waals surface area contributed by atoms with E-state index in [1.165, 1.54) is 193 Å². The number of unbranched alkanes of at least 4 members (excludes halogenated alkanes) is 34. The molecule has 0 fully saturated rings. The number of carbonyl (C=O) groups is 2. The summed E-state index contributed by atoms with van der Waals surface area (Å²) in [7, 11) is 1.17. The Morgan fingerprint density at radius 2 is 0.679 bits per heavy atom. The number of rotatable bonds is 64. The molecule has 10 heteroatoms. The van der Waals surface area contributed by atoms with Crippen LogP contribution in [0.5, 0.6) is 0 Å². The van der Waals surface area contributed by atoms with E-state index in [2.05, 4.69) is 111 Å². The standard InChI is InChI=1S/C74H132NO8P/c1-6-8-10-12-14-16-18-20-22-24-26-28-30-32-34-35-36-37-38-39-41-43-45-47-49-51-53-55-57-59-61-63-65-67-74(77)83-72(71-82-84(78,79)81-69-68-75(3,4)5)70-80-73(76)66-64-62-60-58-56-54-52-50-48-46-44-42-40-33-31-29-27-25-23-21-19-17-15-13-11-9-7-2/h8,10,14,16,19-22,25-28,32,34,36-37,72H,6-7,9,11-13,15,17-18,23-24,29-31,33,35,38-71H2,1-5H3/b10-8-,16-14-,21-19-,22-20-,27-25-,28-26-,34-32-,37-36-. The molecule has 84 heavy (non-hydrogen) atoms. The quantitative estimate of drug-likeness (QED) is 0.0195. The van der Waals surface area contributed by atoms with E-state index in [0.717, 1.165) is 83.5 Å². The van der Waals surface area contributed by atoms with Crippen molar-refractivity contribution in [2.75, 3.05) is 47.5 Å². The maximum atomic E-state index is 12.9. The Kier molecular flexibility index (Phi) is 62.1. The maximum Gasteiger partial charge on any atom is 0.306 e. The molecule has 0 aromatic rings. The van der Waals surface area contributed by atoms with E-state index in [9.17, 15) is 19.0 Å². The molecule has 0 amide bonds. The molecule has 2 unspecified atom stereocenters. The molecular formula is C74H132NO8P. The van der Waals surface area contributed by atoms with Crippen LogP contribution in [0.3, 0.4) is 0 Å². The summed E-state index contributed by atoms with van der Waals surface area (Å²) in [4.78, 5) is 38.1. The maximum absolute atomic E-state index is 12.9. The zero-order valence-electron chi connectivity index (χ0n) is 55.3. The molecule has 0 rings (SSSR count). The summed E-state index contributed by atoms with van der Waals surface area (Å²) in [6.45, 7) is 4.15. The van der Waals surface area contributed by atoms with E-state index in [-0.39, 0.29) is 32.0 Å². The van der Waals surface area contributed by atoms with E-state index in [4.69, 9.17) is 18.5 Å².